The molecule has 0 saturated carbocycles. The fourth-order valence-electron chi connectivity index (χ4n) is 1.58. The minimum absolute atomic E-state index is 0.249. The first kappa shape index (κ1) is 10.4. The molecular formula is C11H16N2O2. The van der Waals surface area contributed by atoms with Gasteiger partial charge in [-0.2, -0.15) is 0 Å². The van der Waals surface area contributed by atoms with Gasteiger partial charge >= 0.3 is 0 Å². The van der Waals surface area contributed by atoms with Gasteiger partial charge in [0, 0.05) is 13.2 Å². The third-order valence-electron chi connectivity index (χ3n) is 2.47. The quantitative estimate of drug-likeness (QED) is 0.805. The lowest BCUT2D eigenvalue weighted by Crippen LogP contribution is -2.16. The highest BCUT2D eigenvalue weighted by Crippen LogP contribution is 2.15. The maximum atomic E-state index is 5.56. The van der Waals surface area contributed by atoms with Crippen molar-refractivity contribution in [3.05, 3.63) is 24.0 Å². The van der Waals surface area contributed by atoms with E-state index in [1.807, 2.05) is 12.1 Å². The SMILES string of the molecule is NCc1ccc(OCC2CCCO2)cn1. The lowest BCUT2D eigenvalue weighted by Gasteiger charge is -2.11. The normalized spacial score (nSPS) is 20.5. The van der Waals surface area contributed by atoms with Gasteiger partial charge in [-0.3, -0.25) is 4.98 Å². The molecule has 0 bridgehead atoms. The van der Waals surface area contributed by atoms with E-state index < -0.39 is 0 Å². The molecule has 1 aliphatic rings. The summed E-state index contributed by atoms with van der Waals surface area (Å²) in [5.74, 6) is 0.780. The van der Waals surface area contributed by atoms with Gasteiger partial charge in [-0.05, 0) is 25.0 Å². The molecule has 1 saturated heterocycles. The summed E-state index contributed by atoms with van der Waals surface area (Å²) in [4.78, 5) is 4.15. The first-order chi connectivity index (χ1) is 7.38. The summed E-state index contributed by atoms with van der Waals surface area (Å²) in [5.41, 5.74) is 6.32. The van der Waals surface area contributed by atoms with Gasteiger partial charge in [0.15, 0.2) is 0 Å². The molecule has 0 radical (unpaired) electrons. The molecule has 15 heavy (non-hydrogen) atoms. The highest BCUT2D eigenvalue weighted by Gasteiger charge is 2.15. The average Bonchev–Trinajstić information content (AvgIpc) is 2.80. The standard InChI is InChI=1S/C11H16N2O2/c12-6-9-3-4-10(7-13-9)15-8-11-2-1-5-14-11/h3-4,7,11H,1-2,5-6,8,12H2. The third kappa shape index (κ3) is 2.91. The third-order valence-corrected chi connectivity index (χ3v) is 2.47. The summed E-state index contributed by atoms with van der Waals surface area (Å²) >= 11 is 0. The van der Waals surface area contributed by atoms with Crippen LogP contribution in [-0.4, -0.2) is 24.3 Å². The van der Waals surface area contributed by atoms with Crippen molar-refractivity contribution in [3.63, 3.8) is 0 Å². The second kappa shape index (κ2) is 5.09. The van der Waals surface area contributed by atoms with E-state index in [0.29, 0.717) is 13.2 Å². The molecule has 1 aromatic heterocycles. The molecule has 0 aromatic carbocycles. The van der Waals surface area contributed by atoms with Crippen LogP contribution >= 0.6 is 0 Å². The predicted molar refractivity (Wildman–Crippen MR) is 56.6 cm³/mol. The van der Waals surface area contributed by atoms with Crippen molar-refractivity contribution in [2.45, 2.75) is 25.5 Å². The van der Waals surface area contributed by atoms with E-state index >= 15 is 0 Å². The number of nitrogens with zero attached hydrogens (tertiary/aromatic N) is 1. The van der Waals surface area contributed by atoms with E-state index in [0.717, 1.165) is 30.9 Å². The Bertz CT molecular complexity index is 294. The van der Waals surface area contributed by atoms with Gasteiger partial charge in [0.05, 0.1) is 18.0 Å². The highest BCUT2D eigenvalue weighted by molar-refractivity contribution is 5.19. The molecule has 4 nitrogen and oxygen atoms in total. The zero-order valence-corrected chi connectivity index (χ0v) is 8.69. The van der Waals surface area contributed by atoms with E-state index in [4.69, 9.17) is 15.2 Å². The minimum Gasteiger partial charge on any atom is -0.489 e. The fourth-order valence-corrected chi connectivity index (χ4v) is 1.58. The molecule has 1 fully saturated rings. The number of nitrogens with two attached hydrogens (primary N) is 1. The summed E-state index contributed by atoms with van der Waals surface area (Å²) in [6.45, 7) is 1.94. The van der Waals surface area contributed by atoms with Crippen LogP contribution < -0.4 is 10.5 Å². The lowest BCUT2D eigenvalue weighted by molar-refractivity contribution is 0.0678. The summed E-state index contributed by atoms with van der Waals surface area (Å²) in [5, 5.41) is 0. The maximum absolute atomic E-state index is 5.56. The monoisotopic (exact) mass is 208 g/mol. The lowest BCUT2D eigenvalue weighted by atomic mass is 10.2. The largest absolute Gasteiger partial charge is 0.489 e. The van der Waals surface area contributed by atoms with Crippen LogP contribution in [0.1, 0.15) is 18.5 Å². The van der Waals surface area contributed by atoms with E-state index in [2.05, 4.69) is 4.98 Å². The van der Waals surface area contributed by atoms with Crippen LogP contribution in [0.4, 0.5) is 0 Å². The van der Waals surface area contributed by atoms with Crippen molar-refractivity contribution < 1.29 is 9.47 Å². The molecule has 2 heterocycles. The summed E-state index contributed by atoms with van der Waals surface area (Å²) in [6.07, 6.45) is 4.18. The molecule has 0 aliphatic carbocycles. The summed E-state index contributed by atoms with van der Waals surface area (Å²) in [7, 11) is 0. The molecule has 1 aliphatic heterocycles. The molecule has 1 unspecified atom stereocenters. The van der Waals surface area contributed by atoms with Crippen molar-refractivity contribution in [2.75, 3.05) is 13.2 Å². The van der Waals surface area contributed by atoms with Crippen molar-refractivity contribution in [1.29, 1.82) is 0 Å². The molecule has 4 heteroatoms. The Hall–Kier alpha value is -1.13. The number of ether oxygens (including phenoxy) is 2. The van der Waals surface area contributed by atoms with Gasteiger partial charge in [0.2, 0.25) is 0 Å². The van der Waals surface area contributed by atoms with Crippen molar-refractivity contribution >= 4 is 0 Å². The molecule has 0 spiro atoms. The molecule has 0 amide bonds. The molecule has 1 aromatic rings. The number of aromatic nitrogens is 1. The van der Waals surface area contributed by atoms with Gasteiger partial charge in [-0.25, -0.2) is 0 Å². The van der Waals surface area contributed by atoms with E-state index in [1.54, 1.807) is 6.20 Å². The van der Waals surface area contributed by atoms with Crippen LogP contribution in [-0.2, 0) is 11.3 Å². The second-order valence-corrected chi connectivity index (χ2v) is 3.64. The molecule has 2 N–H and O–H groups in total. The second-order valence-electron chi connectivity index (χ2n) is 3.64. The van der Waals surface area contributed by atoms with Crippen LogP contribution in [0.5, 0.6) is 5.75 Å². The number of hydrogen-bond acceptors (Lipinski definition) is 4. The van der Waals surface area contributed by atoms with Gasteiger partial charge in [-0.1, -0.05) is 0 Å². The molecular weight excluding hydrogens is 192 g/mol. The predicted octanol–water partition coefficient (Wildman–Crippen LogP) is 1.10. The van der Waals surface area contributed by atoms with E-state index in [1.165, 1.54) is 0 Å². The van der Waals surface area contributed by atoms with E-state index in [-0.39, 0.29) is 6.10 Å². The Kier molecular flexibility index (Phi) is 3.53. The number of pyridine rings is 1. The fraction of sp³-hybridized carbons (Fsp3) is 0.545. The summed E-state index contributed by atoms with van der Waals surface area (Å²) < 4.78 is 11.0. The minimum atomic E-state index is 0.249. The van der Waals surface area contributed by atoms with Gasteiger partial charge < -0.3 is 15.2 Å². The Morgan fingerprint density at radius 1 is 1.53 bits per heavy atom. The topological polar surface area (TPSA) is 57.4 Å². The van der Waals surface area contributed by atoms with Gasteiger partial charge in [0.1, 0.15) is 12.4 Å². The van der Waals surface area contributed by atoms with Crippen LogP contribution in [0.15, 0.2) is 18.3 Å². The average molecular weight is 208 g/mol. The van der Waals surface area contributed by atoms with Gasteiger partial charge in [0.25, 0.3) is 0 Å². The first-order valence-electron chi connectivity index (χ1n) is 5.28. The zero-order valence-electron chi connectivity index (χ0n) is 8.69. The molecule has 1 atom stereocenters. The van der Waals surface area contributed by atoms with Crippen molar-refractivity contribution in [3.8, 4) is 5.75 Å². The van der Waals surface area contributed by atoms with Gasteiger partial charge in [-0.15, -0.1) is 0 Å². The van der Waals surface area contributed by atoms with E-state index in [9.17, 15) is 0 Å². The Morgan fingerprint density at radius 2 is 2.47 bits per heavy atom. The summed E-state index contributed by atoms with van der Waals surface area (Å²) in [6, 6.07) is 3.77. The Balaban J connectivity index is 1.82. The number of hydrogen-bond donors (Lipinski definition) is 1. The highest BCUT2D eigenvalue weighted by atomic mass is 16.5. The van der Waals surface area contributed by atoms with Crippen LogP contribution in [0.25, 0.3) is 0 Å². The Morgan fingerprint density at radius 3 is 3.07 bits per heavy atom. The zero-order chi connectivity index (χ0) is 10.5. The Labute approximate surface area is 89.4 Å². The number of rotatable bonds is 4. The molecule has 82 valence electrons. The van der Waals surface area contributed by atoms with Crippen LogP contribution in [0.2, 0.25) is 0 Å². The molecule has 2 rings (SSSR count). The van der Waals surface area contributed by atoms with Crippen molar-refractivity contribution in [1.82, 2.24) is 4.98 Å². The van der Waals surface area contributed by atoms with Crippen molar-refractivity contribution in [2.24, 2.45) is 5.73 Å². The maximum Gasteiger partial charge on any atom is 0.137 e. The van der Waals surface area contributed by atoms with Crippen LogP contribution in [0, 0.1) is 0 Å². The van der Waals surface area contributed by atoms with Crippen LogP contribution in [0.3, 0.4) is 0 Å². The first-order valence-corrected chi connectivity index (χ1v) is 5.28. The smallest absolute Gasteiger partial charge is 0.137 e.